The number of hydrogen-bond acceptors (Lipinski definition) is 3. The molecule has 0 aromatic carbocycles. The number of amides is 1. The van der Waals surface area contributed by atoms with Crippen LogP contribution in [-0.4, -0.2) is 59.0 Å². The Bertz CT molecular complexity index is 621. The zero-order valence-corrected chi connectivity index (χ0v) is 16.4. The zero-order valence-electron chi connectivity index (χ0n) is 16.4. The molecule has 1 aromatic heterocycles. The summed E-state index contributed by atoms with van der Waals surface area (Å²) >= 11 is 0. The van der Waals surface area contributed by atoms with Gasteiger partial charge in [-0.2, -0.15) is 0 Å². The van der Waals surface area contributed by atoms with Gasteiger partial charge in [0.1, 0.15) is 6.04 Å². The number of carbonyl (C=O) groups is 1. The van der Waals surface area contributed by atoms with Gasteiger partial charge in [-0.05, 0) is 18.3 Å². The number of carbonyl (C=O) groups excluding carboxylic acids is 1. The third-order valence-corrected chi connectivity index (χ3v) is 7.03. The molecule has 1 saturated carbocycles. The number of quaternary nitrogens is 1. The van der Waals surface area contributed by atoms with Gasteiger partial charge in [0.2, 0.25) is 5.91 Å². The van der Waals surface area contributed by atoms with Crippen LogP contribution in [0.25, 0.3) is 0 Å². The Balaban J connectivity index is 1.33. The van der Waals surface area contributed by atoms with Crippen LogP contribution >= 0.6 is 0 Å². The second-order valence-corrected chi connectivity index (χ2v) is 9.07. The van der Waals surface area contributed by atoms with Crippen molar-refractivity contribution < 1.29 is 9.69 Å². The van der Waals surface area contributed by atoms with E-state index in [4.69, 9.17) is 0 Å². The van der Waals surface area contributed by atoms with E-state index in [1.165, 1.54) is 50.8 Å². The van der Waals surface area contributed by atoms with Crippen LogP contribution in [-0.2, 0) is 17.8 Å². The van der Waals surface area contributed by atoms with Crippen molar-refractivity contribution in [3.63, 3.8) is 0 Å². The first-order chi connectivity index (χ1) is 12.6. The molecule has 26 heavy (non-hydrogen) atoms. The highest BCUT2D eigenvalue weighted by Crippen LogP contribution is 2.29. The van der Waals surface area contributed by atoms with Crippen molar-refractivity contribution >= 4 is 5.91 Å². The van der Waals surface area contributed by atoms with Crippen LogP contribution in [0.3, 0.4) is 0 Å². The third-order valence-electron chi connectivity index (χ3n) is 7.03. The monoisotopic (exact) mass is 360 g/mol. The van der Waals surface area contributed by atoms with Gasteiger partial charge in [-0.3, -0.25) is 4.79 Å². The van der Waals surface area contributed by atoms with Gasteiger partial charge in [-0.1, -0.05) is 37.3 Å². The highest BCUT2D eigenvalue weighted by molar-refractivity contribution is 5.78. The molecule has 6 nitrogen and oxygen atoms in total. The van der Waals surface area contributed by atoms with Gasteiger partial charge in [0.15, 0.2) is 0 Å². The number of nitrogens with one attached hydrogen (secondary N) is 1. The molecule has 144 valence electrons. The van der Waals surface area contributed by atoms with E-state index in [1.54, 1.807) is 9.80 Å². The van der Waals surface area contributed by atoms with Crippen molar-refractivity contribution in [2.75, 3.05) is 27.2 Å². The highest BCUT2D eigenvalue weighted by atomic mass is 16.2. The van der Waals surface area contributed by atoms with Crippen molar-refractivity contribution in [1.82, 2.24) is 19.9 Å². The molecule has 5 rings (SSSR count). The van der Waals surface area contributed by atoms with E-state index in [0.717, 1.165) is 31.8 Å². The van der Waals surface area contributed by atoms with Crippen molar-refractivity contribution in [2.24, 2.45) is 17.8 Å². The van der Waals surface area contributed by atoms with Crippen LogP contribution in [0.5, 0.6) is 0 Å². The first kappa shape index (κ1) is 18.0. The topological polar surface area (TPSA) is 55.5 Å². The molecular weight excluding hydrogens is 326 g/mol. The van der Waals surface area contributed by atoms with Gasteiger partial charge in [0, 0.05) is 33.1 Å². The second-order valence-electron chi connectivity index (χ2n) is 9.07. The fourth-order valence-electron chi connectivity index (χ4n) is 5.57. The SMILES string of the molecule is CN(C)C(=O)[C@H]1C[NH+]2CC[C@H]1C[C@@H]2Cn1cc(CC2CCCCC2)nn1. The molecule has 0 radical (unpaired) electrons. The second kappa shape index (κ2) is 7.67. The van der Waals surface area contributed by atoms with Gasteiger partial charge < -0.3 is 9.80 Å². The van der Waals surface area contributed by atoms with E-state index in [9.17, 15) is 4.79 Å². The fourth-order valence-corrected chi connectivity index (χ4v) is 5.57. The highest BCUT2D eigenvalue weighted by Gasteiger charge is 2.47. The van der Waals surface area contributed by atoms with Gasteiger partial charge in [-0.25, -0.2) is 4.68 Å². The van der Waals surface area contributed by atoms with Crippen molar-refractivity contribution in [1.29, 1.82) is 0 Å². The molecule has 1 N–H and O–H groups in total. The molecular formula is C20H34N5O+. The van der Waals surface area contributed by atoms with Gasteiger partial charge in [-0.15, -0.1) is 5.10 Å². The lowest BCUT2D eigenvalue weighted by molar-refractivity contribution is -0.945. The molecule has 0 spiro atoms. The Kier molecular flexibility index (Phi) is 5.30. The molecule has 4 atom stereocenters. The molecule has 1 aromatic rings. The summed E-state index contributed by atoms with van der Waals surface area (Å²) in [4.78, 5) is 15.8. The van der Waals surface area contributed by atoms with Crippen LogP contribution in [0, 0.1) is 17.8 Å². The van der Waals surface area contributed by atoms with E-state index in [2.05, 4.69) is 21.2 Å². The first-order valence-corrected chi connectivity index (χ1v) is 10.5. The molecule has 4 heterocycles. The summed E-state index contributed by atoms with van der Waals surface area (Å²) in [7, 11) is 3.77. The lowest BCUT2D eigenvalue weighted by Gasteiger charge is -2.46. The minimum atomic E-state index is 0.225. The molecule has 1 amide bonds. The molecule has 3 saturated heterocycles. The summed E-state index contributed by atoms with van der Waals surface area (Å²) in [5.41, 5.74) is 1.17. The number of fused-ring (bicyclic) bond motifs is 3. The number of piperidine rings is 3. The van der Waals surface area contributed by atoms with Crippen LogP contribution in [0.4, 0.5) is 0 Å². The van der Waals surface area contributed by atoms with E-state index in [0.29, 0.717) is 17.9 Å². The standard InChI is InChI=1S/C20H33N5O/c1-23(2)20(26)19-14-24-9-8-16(19)11-18(24)13-25-12-17(21-22-25)10-15-6-4-3-5-7-15/h12,15-16,18-19H,3-11,13-14H2,1-2H3/p+1/t16-,18+,19-/m0/s1. The number of aromatic nitrogens is 3. The summed E-state index contributed by atoms with van der Waals surface area (Å²) in [6.07, 6.45) is 12.5. The van der Waals surface area contributed by atoms with Gasteiger partial charge in [0.05, 0.1) is 31.2 Å². The zero-order chi connectivity index (χ0) is 18.1. The molecule has 3 aliphatic heterocycles. The van der Waals surface area contributed by atoms with Crippen molar-refractivity contribution in [3.8, 4) is 0 Å². The lowest BCUT2D eigenvalue weighted by Crippen LogP contribution is -3.20. The maximum Gasteiger partial charge on any atom is 0.231 e. The van der Waals surface area contributed by atoms with Gasteiger partial charge >= 0.3 is 0 Å². The lowest BCUT2D eigenvalue weighted by atomic mass is 9.75. The van der Waals surface area contributed by atoms with Crippen LogP contribution < -0.4 is 4.90 Å². The molecule has 1 aliphatic carbocycles. The summed E-state index contributed by atoms with van der Waals surface area (Å²) in [5.74, 6) is 1.91. The summed E-state index contributed by atoms with van der Waals surface area (Å²) in [6.45, 7) is 3.15. The number of nitrogens with zero attached hydrogens (tertiary/aromatic N) is 4. The summed E-state index contributed by atoms with van der Waals surface area (Å²) in [5, 5.41) is 8.87. The minimum Gasteiger partial charge on any atom is -0.348 e. The summed E-state index contributed by atoms with van der Waals surface area (Å²) in [6, 6.07) is 0.587. The Hall–Kier alpha value is -1.43. The normalized spacial score (nSPS) is 31.9. The quantitative estimate of drug-likeness (QED) is 0.844. The first-order valence-electron chi connectivity index (χ1n) is 10.5. The maximum absolute atomic E-state index is 12.4. The van der Waals surface area contributed by atoms with Crippen LogP contribution in [0.15, 0.2) is 6.20 Å². The van der Waals surface area contributed by atoms with Gasteiger partial charge in [0.25, 0.3) is 0 Å². The van der Waals surface area contributed by atoms with E-state index >= 15 is 0 Å². The van der Waals surface area contributed by atoms with E-state index in [-0.39, 0.29) is 5.92 Å². The number of hydrogen-bond donors (Lipinski definition) is 1. The van der Waals surface area contributed by atoms with Crippen molar-refractivity contribution in [3.05, 3.63) is 11.9 Å². The Morgan fingerprint density at radius 2 is 2.08 bits per heavy atom. The Morgan fingerprint density at radius 1 is 1.27 bits per heavy atom. The molecule has 4 aliphatic rings. The summed E-state index contributed by atoms with van der Waals surface area (Å²) < 4.78 is 2.07. The average Bonchev–Trinajstić information content (AvgIpc) is 3.09. The maximum atomic E-state index is 12.4. The fraction of sp³-hybridized carbons (Fsp3) is 0.850. The molecule has 4 fully saturated rings. The third kappa shape index (κ3) is 3.80. The minimum absolute atomic E-state index is 0.225. The average molecular weight is 361 g/mol. The Morgan fingerprint density at radius 3 is 2.77 bits per heavy atom. The van der Waals surface area contributed by atoms with E-state index < -0.39 is 0 Å². The smallest absolute Gasteiger partial charge is 0.231 e. The predicted octanol–water partition coefficient (Wildman–Crippen LogP) is 0.782. The van der Waals surface area contributed by atoms with Crippen molar-refractivity contribution in [2.45, 2.75) is 64.0 Å². The molecule has 6 heteroatoms. The largest absolute Gasteiger partial charge is 0.348 e. The predicted molar refractivity (Wildman–Crippen MR) is 99.7 cm³/mol. The van der Waals surface area contributed by atoms with Crippen LogP contribution in [0.2, 0.25) is 0 Å². The van der Waals surface area contributed by atoms with E-state index in [1.807, 2.05) is 14.1 Å². The van der Waals surface area contributed by atoms with Crippen LogP contribution in [0.1, 0.15) is 50.6 Å². The Labute approximate surface area is 156 Å². The number of rotatable bonds is 5. The molecule has 1 unspecified atom stereocenters. The molecule has 2 bridgehead atoms.